The first kappa shape index (κ1) is 23.5. The average Bonchev–Trinajstić information content (AvgIpc) is 3.13. The van der Waals surface area contributed by atoms with E-state index in [0.717, 1.165) is 23.4 Å². The molecule has 0 atom stereocenters. The summed E-state index contributed by atoms with van der Waals surface area (Å²) in [4.78, 5) is 7.15. The topological polar surface area (TPSA) is 67.7 Å². The Hall–Kier alpha value is -1.68. The van der Waals surface area contributed by atoms with E-state index in [1.165, 1.54) is 4.31 Å². The van der Waals surface area contributed by atoms with E-state index >= 15 is 0 Å². The Morgan fingerprint density at radius 1 is 1.12 bits per heavy atom. The van der Waals surface area contributed by atoms with Crippen molar-refractivity contribution < 1.29 is 13.2 Å². The van der Waals surface area contributed by atoms with Crippen LogP contribution in [-0.2, 0) is 34.4 Å². The molecule has 1 fully saturated rings. The van der Waals surface area contributed by atoms with E-state index in [-0.39, 0.29) is 4.90 Å². The summed E-state index contributed by atoms with van der Waals surface area (Å²) in [5, 5.41) is 1.09. The Kier molecular flexibility index (Phi) is 7.09. The van der Waals surface area contributed by atoms with E-state index in [9.17, 15) is 8.42 Å². The molecule has 0 saturated carbocycles. The molecule has 10 heteroatoms. The highest BCUT2D eigenvalue weighted by Gasteiger charge is 2.27. The minimum atomic E-state index is -3.57. The molecule has 0 amide bonds. The van der Waals surface area contributed by atoms with Crippen LogP contribution < -0.4 is 0 Å². The molecule has 0 radical (unpaired) electrons. The predicted octanol–water partition coefficient (Wildman–Crippen LogP) is 4.02. The zero-order valence-corrected chi connectivity index (χ0v) is 20.4. The molecule has 0 N–H and O–H groups in total. The summed E-state index contributed by atoms with van der Waals surface area (Å²) in [6.07, 6.45) is 0. The second-order valence-corrected chi connectivity index (χ2v) is 10.5. The molecular formula is C22H26Cl2N4O3S. The molecule has 7 nitrogen and oxygen atoms in total. The van der Waals surface area contributed by atoms with Crippen LogP contribution in [0.3, 0.4) is 0 Å². The fourth-order valence-electron chi connectivity index (χ4n) is 3.99. The molecule has 0 unspecified atom stereocenters. The van der Waals surface area contributed by atoms with Crippen molar-refractivity contribution in [3.8, 4) is 0 Å². The van der Waals surface area contributed by atoms with Crippen LogP contribution in [-0.4, -0.2) is 60.5 Å². The maximum absolute atomic E-state index is 13.0. The lowest BCUT2D eigenvalue weighted by molar-refractivity contribution is 0.0730. The van der Waals surface area contributed by atoms with E-state index in [1.54, 1.807) is 18.2 Å². The largest absolute Gasteiger partial charge is 0.379 e. The van der Waals surface area contributed by atoms with Crippen LogP contribution in [0, 0.1) is 0 Å². The minimum Gasteiger partial charge on any atom is -0.379 e. The number of nitrogens with zero attached hydrogens (tertiary/aromatic N) is 4. The van der Waals surface area contributed by atoms with Crippen molar-refractivity contribution in [3.63, 3.8) is 0 Å². The summed E-state index contributed by atoms with van der Waals surface area (Å²) in [5.74, 6) is 0.865. The molecule has 1 aliphatic heterocycles. The Labute approximate surface area is 198 Å². The van der Waals surface area contributed by atoms with Gasteiger partial charge in [0.1, 0.15) is 5.82 Å². The van der Waals surface area contributed by atoms with Gasteiger partial charge in [-0.25, -0.2) is 13.4 Å². The van der Waals surface area contributed by atoms with E-state index in [4.69, 9.17) is 32.9 Å². The SMILES string of the molecule is CCn1c(CN(C)Cc2cccc(Cl)c2Cl)nc2cc(S(=O)(=O)N3CCOCC3)ccc21. The highest BCUT2D eigenvalue weighted by Crippen LogP contribution is 2.27. The first-order chi connectivity index (χ1) is 15.3. The third kappa shape index (κ3) is 4.66. The monoisotopic (exact) mass is 496 g/mol. The molecule has 1 aliphatic rings. The van der Waals surface area contributed by atoms with E-state index in [2.05, 4.69) is 16.4 Å². The number of hydrogen-bond donors (Lipinski definition) is 0. The van der Waals surface area contributed by atoms with Crippen molar-refractivity contribution in [2.75, 3.05) is 33.4 Å². The summed E-state index contributed by atoms with van der Waals surface area (Å²) >= 11 is 12.5. The predicted molar refractivity (Wildman–Crippen MR) is 127 cm³/mol. The highest BCUT2D eigenvalue weighted by atomic mass is 35.5. The fourth-order valence-corrected chi connectivity index (χ4v) is 5.80. The van der Waals surface area contributed by atoms with Crippen molar-refractivity contribution in [3.05, 3.63) is 57.8 Å². The molecule has 1 saturated heterocycles. The molecule has 1 aromatic heterocycles. The number of hydrogen-bond acceptors (Lipinski definition) is 5. The highest BCUT2D eigenvalue weighted by molar-refractivity contribution is 7.89. The number of fused-ring (bicyclic) bond motifs is 1. The minimum absolute atomic E-state index is 0.262. The Morgan fingerprint density at radius 2 is 1.88 bits per heavy atom. The number of ether oxygens (including phenoxy) is 1. The van der Waals surface area contributed by atoms with Crippen molar-refractivity contribution in [1.29, 1.82) is 0 Å². The standard InChI is InChI=1S/C22H26Cl2N4O3S/c1-3-28-20-8-7-17(32(29,30)27-9-11-31-12-10-27)13-19(20)25-21(28)15-26(2)14-16-5-4-6-18(23)22(16)24/h4-8,13H,3,9-12,14-15H2,1-2H3. The van der Waals surface area contributed by atoms with Crippen LogP contribution in [0.25, 0.3) is 11.0 Å². The van der Waals surface area contributed by atoms with Crippen molar-refractivity contribution in [2.45, 2.75) is 31.5 Å². The molecule has 0 spiro atoms. The molecular weight excluding hydrogens is 471 g/mol. The molecule has 0 aliphatic carbocycles. The Morgan fingerprint density at radius 3 is 2.59 bits per heavy atom. The van der Waals surface area contributed by atoms with Gasteiger partial charge < -0.3 is 9.30 Å². The van der Waals surface area contributed by atoms with E-state index in [0.29, 0.717) is 55.0 Å². The molecule has 32 heavy (non-hydrogen) atoms. The number of halogens is 2. The number of morpholine rings is 1. The Balaban J connectivity index is 1.60. The van der Waals surface area contributed by atoms with Gasteiger partial charge in [0, 0.05) is 26.2 Å². The summed E-state index contributed by atoms with van der Waals surface area (Å²) in [7, 11) is -1.58. The lowest BCUT2D eigenvalue weighted by Gasteiger charge is -2.26. The summed E-state index contributed by atoms with van der Waals surface area (Å²) in [6.45, 7) is 5.54. The average molecular weight is 497 g/mol. The van der Waals surface area contributed by atoms with Gasteiger partial charge in [-0.2, -0.15) is 4.31 Å². The summed E-state index contributed by atoms with van der Waals surface area (Å²) < 4.78 is 34.9. The van der Waals surface area contributed by atoms with Gasteiger partial charge in [0.05, 0.1) is 45.7 Å². The zero-order chi connectivity index (χ0) is 22.9. The maximum Gasteiger partial charge on any atom is 0.243 e. The van der Waals surface area contributed by atoms with Crippen LogP contribution >= 0.6 is 23.2 Å². The number of imidazole rings is 1. The number of benzene rings is 2. The van der Waals surface area contributed by atoms with Gasteiger partial charge in [-0.15, -0.1) is 0 Å². The normalized spacial score (nSPS) is 15.7. The van der Waals surface area contributed by atoms with Crippen LogP contribution in [0.2, 0.25) is 10.0 Å². The number of aromatic nitrogens is 2. The number of sulfonamides is 1. The molecule has 2 aromatic carbocycles. The van der Waals surface area contributed by atoms with Crippen LogP contribution in [0.4, 0.5) is 0 Å². The van der Waals surface area contributed by atoms with Crippen LogP contribution in [0.15, 0.2) is 41.3 Å². The van der Waals surface area contributed by atoms with Gasteiger partial charge in [0.2, 0.25) is 10.0 Å². The van der Waals surface area contributed by atoms with Gasteiger partial charge in [-0.1, -0.05) is 35.3 Å². The van der Waals surface area contributed by atoms with E-state index < -0.39 is 10.0 Å². The zero-order valence-electron chi connectivity index (χ0n) is 18.1. The molecule has 4 rings (SSSR count). The quantitative estimate of drug-likeness (QED) is 0.494. The summed E-state index contributed by atoms with van der Waals surface area (Å²) in [6, 6.07) is 10.8. The van der Waals surface area contributed by atoms with Gasteiger partial charge in [0.15, 0.2) is 0 Å². The van der Waals surface area contributed by atoms with Crippen molar-refractivity contribution >= 4 is 44.3 Å². The number of rotatable bonds is 7. The lowest BCUT2D eigenvalue weighted by Crippen LogP contribution is -2.40. The first-order valence-electron chi connectivity index (χ1n) is 10.5. The first-order valence-corrected chi connectivity index (χ1v) is 12.7. The second-order valence-electron chi connectivity index (χ2n) is 7.82. The molecule has 3 aromatic rings. The maximum atomic E-state index is 13.0. The van der Waals surface area contributed by atoms with E-state index in [1.807, 2.05) is 25.2 Å². The van der Waals surface area contributed by atoms with Crippen molar-refractivity contribution in [1.82, 2.24) is 18.8 Å². The fraction of sp³-hybridized carbons (Fsp3) is 0.409. The molecule has 0 bridgehead atoms. The third-order valence-electron chi connectivity index (χ3n) is 5.61. The van der Waals surface area contributed by atoms with Crippen LogP contribution in [0.5, 0.6) is 0 Å². The van der Waals surface area contributed by atoms with Crippen LogP contribution in [0.1, 0.15) is 18.3 Å². The van der Waals surface area contributed by atoms with Crippen molar-refractivity contribution in [2.24, 2.45) is 0 Å². The smallest absolute Gasteiger partial charge is 0.243 e. The molecule has 2 heterocycles. The molecule has 172 valence electrons. The lowest BCUT2D eigenvalue weighted by atomic mass is 10.2. The van der Waals surface area contributed by atoms with Gasteiger partial charge in [-0.05, 0) is 43.8 Å². The number of aryl methyl sites for hydroxylation is 1. The van der Waals surface area contributed by atoms with Gasteiger partial charge >= 0.3 is 0 Å². The third-order valence-corrected chi connectivity index (χ3v) is 8.36. The van der Waals surface area contributed by atoms with Gasteiger partial charge in [0.25, 0.3) is 0 Å². The van der Waals surface area contributed by atoms with Gasteiger partial charge in [-0.3, -0.25) is 4.90 Å². The second kappa shape index (κ2) is 9.67. The Bertz CT molecular complexity index is 1220. The summed E-state index contributed by atoms with van der Waals surface area (Å²) in [5.41, 5.74) is 2.53.